The number of fused-ring (bicyclic) bond motifs is 1. The molecule has 1 atom stereocenters. The van der Waals surface area contributed by atoms with Gasteiger partial charge >= 0.3 is 0 Å². The highest BCUT2D eigenvalue weighted by Crippen LogP contribution is 2.28. The number of nitrogens with zero attached hydrogens (tertiary/aromatic N) is 1. The van der Waals surface area contributed by atoms with Gasteiger partial charge in [0.05, 0.1) is 6.17 Å². The second-order valence-electron chi connectivity index (χ2n) is 4.55. The summed E-state index contributed by atoms with van der Waals surface area (Å²) < 4.78 is 0. The van der Waals surface area contributed by atoms with Crippen molar-refractivity contribution in [1.82, 2.24) is 10.2 Å². The lowest BCUT2D eigenvalue weighted by atomic mass is 9.98. The molecule has 0 bridgehead atoms. The minimum Gasteiger partial charge on any atom is -0.298 e. The van der Waals surface area contributed by atoms with E-state index in [0.29, 0.717) is 6.17 Å². The topological polar surface area (TPSA) is 15.3 Å². The number of hydrogen-bond acceptors (Lipinski definition) is 2. The van der Waals surface area contributed by atoms with E-state index in [1.807, 2.05) is 0 Å². The van der Waals surface area contributed by atoms with Gasteiger partial charge in [-0.05, 0) is 43.5 Å². The summed E-state index contributed by atoms with van der Waals surface area (Å²) in [6, 6.07) is 8.88. The lowest BCUT2D eigenvalue weighted by Gasteiger charge is -2.33. The molecule has 2 aliphatic heterocycles. The summed E-state index contributed by atoms with van der Waals surface area (Å²) in [4.78, 5) is 2.58. The van der Waals surface area contributed by atoms with Crippen LogP contribution in [0.2, 0.25) is 0 Å². The van der Waals surface area contributed by atoms with Crippen LogP contribution in [0.3, 0.4) is 0 Å². The van der Waals surface area contributed by atoms with Crippen LogP contribution in [0.5, 0.6) is 0 Å². The van der Waals surface area contributed by atoms with Gasteiger partial charge in [-0.2, -0.15) is 0 Å². The molecule has 0 spiro atoms. The van der Waals surface area contributed by atoms with Gasteiger partial charge in [0, 0.05) is 6.54 Å². The predicted octanol–water partition coefficient (Wildman–Crippen LogP) is 1.93. The average Bonchev–Trinajstić information content (AvgIpc) is 2.82. The molecule has 15 heavy (non-hydrogen) atoms. The fourth-order valence-corrected chi connectivity index (χ4v) is 2.81. The first-order valence-corrected chi connectivity index (χ1v) is 6.00. The number of likely N-dealkylation sites (tertiary alicyclic amines) is 1. The fraction of sp³-hybridized carbons (Fsp3) is 0.538. The third-order valence-electron chi connectivity index (χ3n) is 3.59. The van der Waals surface area contributed by atoms with Crippen molar-refractivity contribution in [3.05, 3.63) is 35.4 Å². The van der Waals surface area contributed by atoms with Crippen LogP contribution in [0.1, 0.15) is 30.1 Å². The summed E-state index contributed by atoms with van der Waals surface area (Å²) in [7, 11) is 0. The second kappa shape index (κ2) is 3.95. The van der Waals surface area contributed by atoms with Gasteiger partial charge in [0.15, 0.2) is 0 Å². The van der Waals surface area contributed by atoms with Gasteiger partial charge in [-0.1, -0.05) is 24.3 Å². The third-order valence-corrected chi connectivity index (χ3v) is 3.59. The Bertz CT molecular complexity index is 342. The Balaban J connectivity index is 1.91. The van der Waals surface area contributed by atoms with Gasteiger partial charge in [0.2, 0.25) is 0 Å². The number of nitrogens with one attached hydrogen (secondary N) is 1. The van der Waals surface area contributed by atoms with Crippen molar-refractivity contribution in [2.75, 3.05) is 19.6 Å². The van der Waals surface area contributed by atoms with Crippen LogP contribution in [-0.2, 0) is 6.42 Å². The smallest absolute Gasteiger partial charge is 0.0863 e. The van der Waals surface area contributed by atoms with Gasteiger partial charge in [-0.3, -0.25) is 10.2 Å². The SMILES string of the molecule is c1ccc2c(c1)CCNC2N1CCCC1. The van der Waals surface area contributed by atoms with E-state index in [4.69, 9.17) is 0 Å². The molecule has 80 valence electrons. The highest BCUT2D eigenvalue weighted by molar-refractivity contribution is 5.32. The lowest BCUT2D eigenvalue weighted by Crippen LogP contribution is -2.41. The highest BCUT2D eigenvalue weighted by atomic mass is 15.3. The Labute approximate surface area is 91.3 Å². The molecule has 2 nitrogen and oxygen atoms in total. The molecule has 1 saturated heterocycles. The van der Waals surface area contributed by atoms with E-state index in [-0.39, 0.29) is 0 Å². The first kappa shape index (κ1) is 9.37. The van der Waals surface area contributed by atoms with E-state index >= 15 is 0 Å². The number of benzene rings is 1. The van der Waals surface area contributed by atoms with Crippen LogP contribution in [0.4, 0.5) is 0 Å². The van der Waals surface area contributed by atoms with Crippen LogP contribution in [0, 0.1) is 0 Å². The second-order valence-corrected chi connectivity index (χ2v) is 4.55. The summed E-state index contributed by atoms with van der Waals surface area (Å²) in [5, 5.41) is 3.64. The van der Waals surface area contributed by atoms with E-state index < -0.39 is 0 Å². The Hall–Kier alpha value is -0.860. The summed E-state index contributed by atoms with van der Waals surface area (Å²) in [6.45, 7) is 3.64. The molecule has 1 N–H and O–H groups in total. The van der Waals surface area contributed by atoms with E-state index in [2.05, 4.69) is 34.5 Å². The van der Waals surface area contributed by atoms with Crippen LogP contribution >= 0.6 is 0 Å². The van der Waals surface area contributed by atoms with Crippen molar-refractivity contribution >= 4 is 0 Å². The zero-order valence-electron chi connectivity index (χ0n) is 9.08. The van der Waals surface area contributed by atoms with Crippen molar-refractivity contribution in [2.24, 2.45) is 0 Å². The van der Waals surface area contributed by atoms with Gasteiger partial charge in [-0.15, -0.1) is 0 Å². The summed E-state index contributed by atoms with van der Waals surface area (Å²) in [5.41, 5.74) is 3.04. The molecule has 1 aromatic rings. The van der Waals surface area contributed by atoms with E-state index in [9.17, 15) is 0 Å². The molecule has 0 amide bonds. The Morgan fingerprint density at radius 1 is 1.13 bits per heavy atom. The monoisotopic (exact) mass is 202 g/mol. The fourth-order valence-electron chi connectivity index (χ4n) is 2.81. The molecule has 2 heteroatoms. The van der Waals surface area contributed by atoms with Crippen molar-refractivity contribution in [1.29, 1.82) is 0 Å². The highest BCUT2D eigenvalue weighted by Gasteiger charge is 2.26. The van der Waals surface area contributed by atoms with Gasteiger partial charge < -0.3 is 0 Å². The lowest BCUT2D eigenvalue weighted by molar-refractivity contribution is 0.198. The van der Waals surface area contributed by atoms with Gasteiger partial charge in [0.25, 0.3) is 0 Å². The van der Waals surface area contributed by atoms with E-state index in [1.54, 1.807) is 0 Å². The molecule has 0 saturated carbocycles. The molecular formula is C13H18N2. The quantitative estimate of drug-likeness (QED) is 0.748. The zero-order valence-corrected chi connectivity index (χ0v) is 9.08. The largest absolute Gasteiger partial charge is 0.298 e. The third kappa shape index (κ3) is 1.68. The van der Waals surface area contributed by atoms with Gasteiger partial charge in [-0.25, -0.2) is 0 Å². The summed E-state index contributed by atoms with van der Waals surface area (Å²) >= 11 is 0. The molecule has 2 heterocycles. The molecule has 0 aliphatic carbocycles. The molecular weight excluding hydrogens is 184 g/mol. The maximum absolute atomic E-state index is 3.64. The molecule has 0 aromatic heterocycles. The Morgan fingerprint density at radius 3 is 2.80 bits per heavy atom. The number of rotatable bonds is 1. The molecule has 1 unspecified atom stereocenters. The minimum absolute atomic E-state index is 0.484. The minimum atomic E-state index is 0.484. The molecule has 3 rings (SSSR count). The summed E-state index contributed by atoms with van der Waals surface area (Å²) in [5.74, 6) is 0. The van der Waals surface area contributed by atoms with Crippen molar-refractivity contribution in [3.8, 4) is 0 Å². The van der Waals surface area contributed by atoms with E-state index in [0.717, 1.165) is 6.54 Å². The standard InChI is InChI=1S/C13H18N2/c1-2-6-12-11(5-1)7-8-14-13(12)15-9-3-4-10-15/h1-2,5-6,13-14H,3-4,7-10H2. The number of hydrogen-bond donors (Lipinski definition) is 1. The van der Waals surface area contributed by atoms with Gasteiger partial charge in [0.1, 0.15) is 0 Å². The van der Waals surface area contributed by atoms with E-state index in [1.165, 1.54) is 43.5 Å². The zero-order chi connectivity index (χ0) is 10.1. The average molecular weight is 202 g/mol. The summed E-state index contributed by atoms with van der Waals surface area (Å²) in [6.07, 6.45) is 4.39. The van der Waals surface area contributed by atoms with Crippen molar-refractivity contribution < 1.29 is 0 Å². The first-order chi connectivity index (χ1) is 7.45. The van der Waals surface area contributed by atoms with Crippen molar-refractivity contribution in [3.63, 3.8) is 0 Å². The van der Waals surface area contributed by atoms with Crippen molar-refractivity contribution in [2.45, 2.75) is 25.4 Å². The molecule has 0 radical (unpaired) electrons. The normalized spacial score (nSPS) is 26.5. The van der Waals surface area contributed by atoms with Crippen LogP contribution in [-0.4, -0.2) is 24.5 Å². The predicted molar refractivity (Wildman–Crippen MR) is 61.7 cm³/mol. The first-order valence-electron chi connectivity index (χ1n) is 6.00. The maximum atomic E-state index is 3.64. The molecule has 1 fully saturated rings. The molecule has 2 aliphatic rings. The Morgan fingerprint density at radius 2 is 1.93 bits per heavy atom. The maximum Gasteiger partial charge on any atom is 0.0863 e. The Kier molecular flexibility index (Phi) is 2.47. The van der Waals surface area contributed by atoms with Crippen LogP contribution in [0.25, 0.3) is 0 Å². The van der Waals surface area contributed by atoms with Crippen LogP contribution < -0.4 is 5.32 Å². The van der Waals surface area contributed by atoms with Crippen LogP contribution in [0.15, 0.2) is 24.3 Å². The molecule has 1 aromatic carbocycles.